The highest BCUT2D eigenvalue weighted by Crippen LogP contribution is 2.47. The number of aromatic nitrogens is 3. The van der Waals surface area contributed by atoms with Gasteiger partial charge < -0.3 is 9.47 Å². The molecule has 2 aromatic heterocycles. The van der Waals surface area contributed by atoms with Gasteiger partial charge in [-0.25, -0.2) is 4.99 Å². The average molecular weight is 473 g/mol. The first-order valence-electron chi connectivity index (χ1n) is 10.8. The molecule has 0 radical (unpaired) electrons. The number of H-pyrrole nitrogens is 1. The maximum Gasteiger partial charge on any atom is 0.317 e. The molecule has 170 valence electrons. The first-order chi connectivity index (χ1) is 16.5. The number of para-hydroxylation sites is 1. The summed E-state index contributed by atoms with van der Waals surface area (Å²) in [7, 11) is 1.34. The molecular formula is C25H20N4O4S. The van der Waals surface area contributed by atoms with Gasteiger partial charge in [0.2, 0.25) is 5.72 Å². The van der Waals surface area contributed by atoms with Crippen molar-refractivity contribution < 1.29 is 14.3 Å². The highest BCUT2D eigenvalue weighted by Gasteiger charge is 2.55. The van der Waals surface area contributed by atoms with Crippen LogP contribution in [0.1, 0.15) is 24.1 Å². The van der Waals surface area contributed by atoms with Crippen molar-refractivity contribution in [1.82, 2.24) is 14.8 Å². The van der Waals surface area contributed by atoms with E-state index in [0.717, 1.165) is 22.4 Å². The minimum absolute atomic E-state index is 0.221. The molecule has 3 unspecified atom stereocenters. The minimum Gasteiger partial charge on any atom is -0.469 e. The van der Waals surface area contributed by atoms with Crippen molar-refractivity contribution in [3.05, 3.63) is 91.6 Å². The molecule has 4 heterocycles. The van der Waals surface area contributed by atoms with E-state index >= 15 is 0 Å². The first-order valence-corrected chi connectivity index (χ1v) is 11.6. The molecule has 0 fully saturated rings. The van der Waals surface area contributed by atoms with Crippen LogP contribution in [0.4, 0.5) is 0 Å². The Bertz CT molecular complexity index is 1600. The van der Waals surface area contributed by atoms with E-state index in [2.05, 4.69) is 10.2 Å². The lowest BCUT2D eigenvalue weighted by Crippen LogP contribution is -2.58. The predicted molar refractivity (Wildman–Crippen MR) is 126 cm³/mol. The lowest BCUT2D eigenvalue weighted by Gasteiger charge is -2.44. The van der Waals surface area contributed by atoms with Crippen LogP contribution >= 0.6 is 11.3 Å². The standard InChI is InChI=1S/C25H20N4O4S/c1-25-19(23(31)32-2)21(16-10-6-7-11-17(16)33-25)29-22(30)18(34-24(29)27-25)12-15-13-26-28-20(15)14-8-4-3-5-9-14/h3-13,19,21H,1-2H3,(H,26,28). The topological polar surface area (TPSA) is 98.6 Å². The number of carbonyl (C=O) groups is 1. The zero-order valence-electron chi connectivity index (χ0n) is 18.4. The van der Waals surface area contributed by atoms with Crippen LogP contribution < -0.4 is 19.6 Å². The summed E-state index contributed by atoms with van der Waals surface area (Å²) in [5.74, 6) is -0.663. The molecule has 2 aromatic carbocycles. The number of nitrogens with zero attached hydrogens (tertiary/aromatic N) is 3. The third-order valence-corrected chi connectivity index (χ3v) is 7.34. The van der Waals surface area contributed by atoms with E-state index in [4.69, 9.17) is 14.5 Å². The normalized spacial score (nSPS) is 22.8. The second-order valence-electron chi connectivity index (χ2n) is 8.39. The Morgan fingerprint density at radius 3 is 2.76 bits per heavy atom. The number of nitrogens with one attached hydrogen (secondary N) is 1. The summed E-state index contributed by atoms with van der Waals surface area (Å²) in [6, 6.07) is 16.6. The average Bonchev–Trinajstić information content (AvgIpc) is 3.42. The van der Waals surface area contributed by atoms with Gasteiger partial charge in [-0.15, -0.1) is 0 Å². The maximum atomic E-state index is 13.7. The van der Waals surface area contributed by atoms with E-state index in [1.807, 2.05) is 60.7 Å². The SMILES string of the molecule is COC(=O)C1C2c3ccccc3OC1(C)N=c1sc(=Cc3cn[nH]c3-c3ccccc3)c(=O)n12. The zero-order chi connectivity index (χ0) is 23.4. The summed E-state index contributed by atoms with van der Waals surface area (Å²) in [4.78, 5) is 31.9. The molecule has 0 aliphatic carbocycles. The molecule has 4 aromatic rings. The van der Waals surface area contributed by atoms with Crippen LogP contribution in [-0.2, 0) is 9.53 Å². The van der Waals surface area contributed by atoms with Crippen LogP contribution in [0.2, 0.25) is 0 Å². The summed E-state index contributed by atoms with van der Waals surface area (Å²) >= 11 is 1.27. The molecular weight excluding hydrogens is 452 g/mol. The fourth-order valence-electron chi connectivity index (χ4n) is 4.81. The number of benzene rings is 2. The number of methoxy groups -OCH3 is 1. The third-order valence-electron chi connectivity index (χ3n) is 6.35. The summed E-state index contributed by atoms with van der Waals surface area (Å²) in [6.07, 6.45) is 3.50. The van der Waals surface area contributed by atoms with Crippen LogP contribution in [0.25, 0.3) is 17.3 Å². The van der Waals surface area contributed by atoms with Gasteiger partial charge in [-0.2, -0.15) is 5.10 Å². The summed E-state index contributed by atoms with van der Waals surface area (Å²) in [6.45, 7) is 1.76. The summed E-state index contributed by atoms with van der Waals surface area (Å²) in [5.41, 5.74) is 1.92. The number of aromatic amines is 1. The molecule has 0 amide bonds. The molecule has 0 saturated heterocycles. The number of fused-ring (bicyclic) bond motifs is 6. The van der Waals surface area contributed by atoms with Crippen LogP contribution in [0.15, 0.2) is 70.6 Å². The smallest absolute Gasteiger partial charge is 0.317 e. The Kier molecular flexibility index (Phi) is 4.56. The van der Waals surface area contributed by atoms with Gasteiger partial charge in [0.25, 0.3) is 5.56 Å². The number of rotatable bonds is 3. The van der Waals surface area contributed by atoms with Crippen molar-refractivity contribution >= 4 is 23.4 Å². The molecule has 3 atom stereocenters. The van der Waals surface area contributed by atoms with Gasteiger partial charge in [-0.3, -0.25) is 19.3 Å². The Morgan fingerprint density at radius 1 is 1.21 bits per heavy atom. The van der Waals surface area contributed by atoms with Gasteiger partial charge >= 0.3 is 5.97 Å². The second kappa shape index (κ2) is 7.53. The van der Waals surface area contributed by atoms with Gasteiger partial charge in [0.1, 0.15) is 11.7 Å². The first kappa shape index (κ1) is 20.6. The van der Waals surface area contributed by atoms with Crippen LogP contribution in [0.3, 0.4) is 0 Å². The summed E-state index contributed by atoms with van der Waals surface area (Å²) < 4.78 is 13.4. The Morgan fingerprint density at radius 2 is 1.97 bits per heavy atom. The number of hydrogen-bond acceptors (Lipinski definition) is 7. The number of ether oxygens (including phenoxy) is 2. The Labute approximate surface area is 197 Å². The molecule has 2 bridgehead atoms. The van der Waals surface area contributed by atoms with Crippen molar-refractivity contribution in [2.24, 2.45) is 10.9 Å². The zero-order valence-corrected chi connectivity index (χ0v) is 19.2. The molecule has 8 nitrogen and oxygen atoms in total. The maximum absolute atomic E-state index is 13.7. The largest absolute Gasteiger partial charge is 0.469 e. The fraction of sp³-hybridized carbons (Fsp3) is 0.200. The Balaban J connectivity index is 1.58. The number of carbonyl (C=O) groups excluding carboxylic acids is 1. The van der Waals surface area contributed by atoms with Gasteiger partial charge in [0, 0.05) is 16.7 Å². The third kappa shape index (κ3) is 2.97. The van der Waals surface area contributed by atoms with Crippen molar-refractivity contribution in [3.63, 3.8) is 0 Å². The molecule has 0 spiro atoms. The van der Waals surface area contributed by atoms with E-state index < -0.39 is 23.7 Å². The molecule has 1 N–H and O–H groups in total. The molecule has 9 heteroatoms. The second-order valence-corrected chi connectivity index (χ2v) is 9.40. The minimum atomic E-state index is -1.19. The lowest BCUT2D eigenvalue weighted by atomic mass is 9.81. The molecule has 2 aliphatic heterocycles. The number of esters is 1. The van der Waals surface area contributed by atoms with Crippen molar-refractivity contribution in [2.75, 3.05) is 7.11 Å². The molecule has 2 aliphatic rings. The van der Waals surface area contributed by atoms with Gasteiger partial charge in [-0.05, 0) is 19.1 Å². The Hall–Kier alpha value is -3.98. The molecule has 0 saturated carbocycles. The van der Waals surface area contributed by atoms with E-state index in [-0.39, 0.29) is 5.56 Å². The predicted octanol–water partition coefficient (Wildman–Crippen LogP) is 2.25. The quantitative estimate of drug-likeness (QED) is 0.461. The van der Waals surface area contributed by atoms with E-state index in [9.17, 15) is 9.59 Å². The highest BCUT2D eigenvalue weighted by atomic mass is 32.1. The van der Waals surface area contributed by atoms with Crippen molar-refractivity contribution in [2.45, 2.75) is 18.7 Å². The van der Waals surface area contributed by atoms with Crippen molar-refractivity contribution in [1.29, 1.82) is 0 Å². The van der Waals surface area contributed by atoms with Crippen LogP contribution in [-0.4, -0.2) is 33.6 Å². The highest BCUT2D eigenvalue weighted by molar-refractivity contribution is 7.07. The number of hydrogen-bond donors (Lipinski definition) is 1. The number of thiazole rings is 1. The lowest BCUT2D eigenvalue weighted by molar-refractivity contribution is -0.158. The fourth-order valence-corrected chi connectivity index (χ4v) is 5.90. The van der Waals surface area contributed by atoms with Crippen molar-refractivity contribution in [3.8, 4) is 17.0 Å². The summed E-state index contributed by atoms with van der Waals surface area (Å²) in [5, 5.41) is 7.20. The van der Waals surface area contributed by atoms with Crippen LogP contribution in [0, 0.1) is 5.92 Å². The van der Waals surface area contributed by atoms with Gasteiger partial charge in [-0.1, -0.05) is 59.9 Å². The monoisotopic (exact) mass is 472 g/mol. The van der Waals surface area contributed by atoms with E-state index in [1.165, 1.54) is 18.4 Å². The van der Waals surface area contributed by atoms with E-state index in [0.29, 0.717) is 15.1 Å². The molecule has 6 rings (SSSR count). The van der Waals surface area contributed by atoms with Gasteiger partial charge in [0.15, 0.2) is 4.80 Å². The van der Waals surface area contributed by atoms with Gasteiger partial charge in [0.05, 0.1) is 29.6 Å². The van der Waals surface area contributed by atoms with Crippen LogP contribution in [0.5, 0.6) is 5.75 Å². The molecule has 34 heavy (non-hydrogen) atoms. The van der Waals surface area contributed by atoms with E-state index in [1.54, 1.807) is 17.7 Å².